The molecule has 0 aromatic heterocycles. The summed E-state index contributed by atoms with van der Waals surface area (Å²) in [7, 11) is -5.27. The Hall–Kier alpha value is -4.33. The van der Waals surface area contributed by atoms with Crippen LogP contribution in [0.2, 0.25) is 0 Å². The first-order valence-electron chi connectivity index (χ1n) is 17.7. The van der Waals surface area contributed by atoms with Crippen LogP contribution in [0.1, 0.15) is 66.7 Å². The van der Waals surface area contributed by atoms with E-state index in [2.05, 4.69) is 36.4 Å². The lowest BCUT2D eigenvalue weighted by molar-refractivity contribution is -0.261. The second-order valence-corrected chi connectivity index (χ2v) is 14.3. The molecule has 1 aliphatic rings. The van der Waals surface area contributed by atoms with Crippen LogP contribution in [0.3, 0.4) is 0 Å². The second-order valence-electron chi connectivity index (χ2n) is 13.2. The van der Waals surface area contributed by atoms with Gasteiger partial charge in [-0.2, -0.15) is 0 Å². The summed E-state index contributed by atoms with van der Waals surface area (Å²) in [6.45, 7) is 5.24. The van der Waals surface area contributed by atoms with Crippen molar-refractivity contribution in [3.8, 4) is 0 Å². The normalized spacial score (nSPS) is 22.6. The number of hydrogen-bond donors (Lipinski definition) is 13. The van der Waals surface area contributed by atoms with E-state index in [1.165, 1.54) is 20.8 Å². The van der Waals surface area contributed by atoms with Gasteiger partial charge in [-0.15, -0.1) is 0 Å². The maximum absolute atomic E-state index is 13.0. The highest BCUT2D eigenvalue weighted by Crippen LogP contribution is 2.41. The largest absolute Gasteiger partial charge is 0.480 e. The van der Waals surface area contributed by atoms with E-state index >= 15 is 0 Å². The molecule has 1 rings (SSSR count). The Labute approximate surface area is 326 Å². The fraction of sp³-hybridized carbons (Fsp3) is 0.742. The first-order chi connectivity index (χ1) is 26.4. The Bertz CT molecular complexity index is 1480. The number of carbonyl (C=O) groups excluding carboxylic acids is 6. The van der Waals surface area contributed by atoms with Crippen LogP contribution in [0.4, 0.5) is 0 Å². The Morgan fingerprint density at radius 3 is 1.84 bits per heavy atom. The number of hydrogen-bond acceptors (Lipinski definition) is 15. The molecule has 25 nitrogen and oxygen atoms in total. The third-order valence-corrected chi connectivity index (χ3v) is 8.78. The van der Waals surface area contributed by atoms with Crippen molar-refractivity contribution in [2.45, 2.75) is 134 Å². The number of phosphoric acid groups is 1. The summed E-state index contributed by atoms with van der Waals surface area (Å²) in [6.07, 6.45) is -8.59. The number of nitrogens with one attached hydrogen (secondary N) is 6. The highest BCUT2D eigenvalue weighted by Gasteiger charge is 2.50. The lowest BCUT2D eigenvalue weighted by Gasteiger charge is -2.44. The van der Waals surface area contributed by atoms with Gasteiger partial charge in [-0.3, -0.25) is 38.1 Å². The van der Waals surface area contributed by atoms with Gasteiger partial charge < -0.3 is 77.3 Å². The lowest BCUT2D eigenvalue weighted by atomic mass is 9.96. The first kappa shape index (κ1) is 50.7. The Balaban J connectivity index is 2.93. The minimum Gasteiger partial charge on any atom is -0.480 e. The highest BCUT2D eigenvalue weighted by molar-refractivity contribution is 7.46. The molecule has 1 fully saturated rings. The van der Waals surface area contributed by atoms with Gasteiger partial charge >= 0.3 is 19.8 Å². The Morgan fingerprint density at radius 1 is 0.772 bits per heavy atom. The van der Waals surface area contributed by atoms with E-state index in [0.29, 0.717) is 12.8 Å². The monoisotopic (exact) mass is 843 g/mol. The van der Waals surface area contributed by atoms with Crippen molar-refractivity contribution in [3.05, 3.63) is 0 Å². The molecule has 0 spiro atoms. The summed E-state index contributed by atoms with van der Waals surface area (Å²) >= 11 is 0. The van der Waals surface area contributed by atoms with Crippen molar-refractivity contribution in [1.82, 2.24) is 31.9 Å². The lowest BCUT2D eigenvalue weighted by Crippen LogP contribution is -2.66. The third kappa shape index (κ3) is 17.8. The smallest absolute Gasteiger partial charge is 0.472 e. The molecule has 0 aromatic rings. The van der Waals surface area contributed by atoms with E-state index in [1.54, 1.807) is 0 Å². The van der Waals surface area contributed by atoms with E-state index in [4.69, 9.17) is 20.3 Å². The molecule has 57 heavy (non-hydrogen) atoms. The second kappa shape index (κ2) is 23.8. The number of rotatable bonds is 24. The van der Waals surface area contributed by atoms with Gasteiger partial charge in [-0.1, -0.05) is 0 Å². The summed E-state index contributed by atoms with van der Waals surface area (Å²) in [4.78, 5) is 118. The van der Waals surface area contributed by atoms with Crippen LogP contribution in [0.5, 0.6) is 0 Å². The number of carboxylic acids is 2. The minimum atomic E-state index is -5.27. The van der Waals surface area contributed by atoms with Gasteiger partial charge in [-0.25, -0.2) is 9.36 Å². The molecule has 26 heteroatoms. The molecule has 0 bridgehead atoms. The van der Waals surface area contributed by atoms with Crippen molar-refractivity contribution in [2.75, 3.05) is 13.2 Å². The van der Waals surface area contributed by atoms with E-state index in [1.807, 2.05) is 0 Å². The van der Waals surface area contributed by atoms with Gasteiger partial charge in [-0.05, 0) is 59.9 Å². The quantitative estimate of drug-likeness (QED) is 0.0320. The molecule has 5 unspecified atom stereocenters. The molecule has 0 aromatic carbocycles. The number of phosphoric ester groups is 1. The molecule has 11 atom stereocenters. The molecule has 0 aliphatic carbocycles. The van der Waals surface area contributed by atoms with Crippen molar-refractivity contribution >= 4 is 55.2 Å². The minimum absolute atomic E-state index is 0.0816. The number of nitrogens with two attached hydrogens (primary N) is 1. The topological polar surface area (TPSA) is 401 Å². The van der Waals surface area contributed by atoms with E-state index < -0.39 is 142 Å². The Morgan fingerprint density at radius 2 is 1.33 bits per heavy atom. The molecule has 326 valence electrons. The number of aliphatic hydroxyl groups excluding tert-OH is 2. The number of ether oxygens (including phenoxy) is 2. The van der Waals surface area contributed by atoms with Gasteiger partial charge in [0.1, 0.15) is 60.7 Å². The fourth-order valence-electron chi connectivity index (χ4n) is 5.17. The SMILES string of the molecule is CC(=O)NC1C(OP(=O)(O)O)OC(CO)C(O)C1O[C@@H](C)C(=O)N[C@@H](C)C(=O)N[C@H](CCC(=O)N[C@@H](CCCCN)C(=O)N[C@H](C)C(=O)N[C@H](C)C(=O)O)C(=O)O. The maximum atomic E-state index is 13.0. The summed E-state index contributed by atoms with van der Waals surface area (Å²) < 4.78 is 26.9. The van der Waals surface area contributed by atoms with E-state index in [9.17, 15) is 68.0 Å². The molecular weight excluding hydrogens is 789 g/mol. The van der Waals surface area contributed by atoms with Crippen LogP contribution < -0.4 is 37.6 Å². The molecular formula is C31H54N7O18P. The van der Waals surface area contributed by atoms with Crippen LogP contribution in [0.15, 0.2) is 0 Å². The number of carbonyl (C=O) groups is 8. The zero-order valence-corrected chi connectivity index (χ0v) is 32.8. The molecule has 14 N–H and O–H groups in total. The number of amides is 6. The van der Waals surface area contributed by atoms with Crippen LogP contribution >= 0.6 is 7.82 Å². The first-order valence-corrected chi connectivity index (χ1v) is 19.2. The molecule has 6 amide bonds. The average molecular weight is 844 g/mol. The number of aliphatic carboxylic acids is 2. The van der Waals surface area contributed by atoms with Crippen LogP contribution in [-0.4, -0.2) is 158 Å². The summed E-state index contributed by atoms with van der Waals surface area (Å²) in [6, 6.07) is -8.35. The van der Waals surface area contributed by atoms with Gasteiger partial charge in [0.2, 0.25) is 35.4 Å². The fourth-order valence-corrected chi connectivity index (χ4v) is 5.63. The summed E-state index contributed by atoms with van der Waals surface area (Å²) in [5.74, 6) is -8.05. The molecule has 1 saturated heterocycles. The van der Waals surface area contributed by atoms with Crippen molar-refractivity contribution in [3.63, 3.8) is 0 Å². The van der Waals surface area contributed by atoms with Gasteiger partial charge in [0.05, 0.1) is 6.61 Å². The zero-order valence-electron chi connectivity index (χ0n) is 31.9. The van der Waals surface area contributed by atoms with Crippen LogP contribution in [0, 0.1) is 0 Å². The van der Waals surface area contributed by atoms with E-state index in [0.717, 1.165) is 13.8 Å². The average Bonchev–Trinajstić information content (AvgIpc) is 3.10. The van der Waals surface area contributed by atoms with Gasteiger partial charge in [0.15, 0.2) is 6.29 Å². The predicted octanol–water partition coefficient (Wildman–Crippen LogP) is -4.99. The standard InChI is InChI=1S/C31H54N7O18P/c1-13(25(43)35-15(3)29(47)48)34-28(46)18(8-6-7-11-32)37-21(41)10-9-19(30(49)50)38-26(44)14(2)33-27(45)16(4)54-24-22(36-17(5)40)31(56-57(51,52)53)55-20(12-39)23(24)42/h13-16,18-20,22-24,31,39,42H,6-12,32H2,1-5H3,(H,33,45)(H,34,46)(H,35,43)(H,36,40)(H,37,41)(H,38,44)(H,47,48)(H,49,50)(H2,51,52,53)/t13-,14+,15-,16+,18+,19-,20?,22?,23?,24?,31?/m1/s1. The summed E-state index contributed by atoms with van der Waals surface area (Å²) in [5, 5.41) is 52.8. The molecule has 0 saturated carbocycles. The van der Waals surface area contributed by atoms with Gasteiger partial charge in [0.25, 0.3) is 0 Å². The Kier molecular flexibility index (Phi) is 21.2. The van der Waals surface area contributed by atoms with Gasteiger partial charge in [0, 0.05) is 13.3 Å². The van der Waals surface area contributed by atoms with Crippen molar-refractivity contribution in [1.29, 1.82) is 0 Å². The zero-order chi connectivity index (χ0) is 43.8. The van der Waals surface area contributed by atoms with Crippen LogP contribution in [0.25, 0.3) is 0 Å². The number of carboxylic acid groups (broad SMARTS) is 2. The molecule has 1 aliphatic heterocycles. The number of unbranched alkanes of at least 4 members (excludes halogenated alkanes) is 1. The molecule has 1 heterocycles. The highest BCUT2D eigenvalue weighted by atomic mass is 31.2. The third-order valence-electron chi connectivity index (χ3n) is 8.30. The predicted molar refractivity (Wildman–Crippen MR) is 191 cm³/mol. The van der Waals surface area contributed by atoms with E-state index in [-0.39, 0.29) is 13.0 Å². The number of aliphatic hydroxyl groups is 2. The van der Waals surface area contributed by atoms with Crippen molar-refractivity contribution in [2.24, 2.45) is 5.73 Å². The maximum Gasteiger partial charge on any atom is 0.472 e. The van der Waals surface area contributed by atoms with Crippen LogP contribution in [-0.2, 0) is 56.9 Å². The molecule has 0 radical (unpaired) electrons. The summed E-state index contributed by atoms with van der Waals surface area (Å²) in [5.41, 5.74) is 5.52. The van der Waals surface area contributed by atoms with Crippen molar-refractivity contribution < 1.29 is 87.1 Å².